The van der Waals surface area contributed by atoms with Crippen LogP contribution in [0, 0.1) is 6.92 Å². The molecule has 0 saturated carbocycles. The molecule has 0 aromatic heterocycles. The number of esters is 2. The number of ether oxygens (including phenoxy) is 3. The molecule has 0 bridgehead atoms. The summed E-state index contributed by atoms with van der Waals surface area (Å²) in [7, 11) is 1.24. The van der Waals surface area contributed by atoms with Gasteiger partial charge in [-0.3, -0.25) is 4.79 Å². The molecule has 2 aromatic carbocycles. The number of methoxy groups -OCH3 is 1. The lowest BCUT2D eigenvalue weighted by molar-refractivity contribution is -0.151. The van der Waals surface area contributed by atoms with Crippen LogP contribution in [0.1, 0.15) is 11.1 Å². The van der Waals surface area contributed by atoms with Gasteiger partial charge in [-0.25, -0.2) is 9.59 Å². The Morgan fingerprint density at radius 1 is 1.07 bits per heavy atom. The summed E-state index contributed by atoms with van der Waals surface area (Å²) < 4.78 is 14.9. The number of rotatable bonds is 9. The van der Waals surface area contributed by atoms with Crippen molar-refractivity contribution in [3.63, 3.8) is 0 Å². The number of aryl methyl sites for hydroxylation is 1. The average molecular weight is 420 g/mol. The van der Waals surface area contributed by atoms with Crippen molar-refractivity contribution in [2.24, 2.45) is 0 Å². The Bertz CT molecular complexity index is 856. The molecule has 2 rings (SSSR count). The van der Waals surface area contributed by atoms with E-state index in [4.69, 9.17) is 25.8 Å². The standard InChI is InChI=1S/C21H22ClNO6/c1-14-10-16(8-9-17(14)22)28-13-20(25)29-12-19(24)23-18(21(26)27-2)11-15-6-4-3-5-7-15/h3-10,18H,11-13H2,1-2H3,(H,23,24)/t18-/m1/s1. The first kappa shape index (κ1) is 22.2. The summed E-state index contributed by atoms with van der Waals surface area (Å²) in [5.74, 6) is -1.46. The topological polar surface area (TPSA) is 90.9 Å². The molecule has 0 saturated heterocycles. The van der Waals surface area contributed by atoms with Gasteiger partial charge in [0.25, 0.3) is 5.91 Å². The van der Waals surface area contributed by atoms with Gasteiger partial charge in [0.1, 0.15) is 11.8 Å². The highest BCUT2D eigenvalue weighted by atomic mass is 35.5. The Labute approximate surface area is 173 Å². The summed E-state index contributed by atoms with van der Waals surface area (Å²) in [6.07, 6.45) is 0.256. The highest BCUT2D eigenvalue weighted by molar-refractivity contribution is 6.31. The molecule has 1 N–H and O–H groups in total. The molecule has 0 aliphatic heterocycles. The van der Waals surface area contributed by atoms with Crippen molar-refractivity contribution in [3.05, 3.63) is 64.7 Å². The molecule has 1 atom stereocenters. The minimum Gasteiger partial charge on any atom is -0.482 e. The van der Waals surface area contributed by atoms with Crippen molar-refractivity contribution < 1.29 is 28.6 Å². The van der Waals surface area contributed by atoms with Crippen molar-refractivity contribution in [2.75, 3.05) is 20.3 Å². The Morgan fingerprint density at radius 3 is 2.45 bits per heavy atom. The molecule has 29 heavy (non-hydrogen) atoms. The quantitative estimate of drug-likeness (QED) is 0.628. The van der Waals surface area contributed by atoms with E-state index in [0.717, 1.165) is 11.1 Å². The number of carbonyl (C=O) groups excluding carboxylic acids is 3. The molecular formula is C21H22ClNO6. The molecule has 0 spiro atoms. The number of carbonyl (C=O) groups is 3. The third-order valence-electron chi connectivity index (χ3n) is 3.95. The summed E-state index contributed by atoms with van der Waals surface area (Å²) >= 11 is 5.93. The fourth-order valence-corrected chi connectivity index (χ4v) is 2.58. The van der Waals surface area contributed by atoms with Gasteiger partial charge in [-0.05, 0) is 36.2 Å². The van der Waals surface area contributed by atoms with Crippen LogP contribution < -0.4 is 10.1 Å². The van der Waals surface area contributed by atoms with Crippen molar-refractivity contribution in [1.29, 1.82) is 0 Å². The monoisotopic (exact) mass is 419 g/mol. The number of hydrogen-bond acceptors (Lipinski definition) is 6. The van der Waals surface area contributed by atoms with E-state index in [1.54, 1.807) is 18.2 Å². The SMILES string of the molecule is COC(=O)[C@@H](Cc1ccccc1)NC(=O)COC(=O)COc1ccc(Cl)c(C)c1. The Morgan fingerprint density at radius 2 is 1.79 bits per heavy atom. The van der Waals surface area contributed by atoms with E-state index in [9.17, 15) is 14.4 Å². The van der Waals surface area contributed by atoms with Crippen LogP contribution in [-0.4, -0.2) is 44.2 Å². The molecule has 8 heteroatoms. The number of amides is 1. The van der Waals surface area contributed by atoms with Gasteiger partial charge in [-0.1, -0.05) is 41.9 Å². The first-order valence-electron chi connectivity index (χ1n) is 8.84. The second-order valence-electron chi connectivity index (χ2n) is 6.19. The molecule has 0 unspecified atom stereocenters. The summed E-state index contributed by atoms with van der Waals surface area (Å²) in [6, 6.07) is 13.3. The van der Waals surface area contributed by atoms with Crippen molar-refractivity contribution >= 4 is 29.4 Å². The maximum absolute atomic E-state index is 12.1. The minimum atomic E-state index is -0.887. The fraction of sp³-hybridized carbons (Fsp3) is 0.286. The van der Waals surface area contributed by atoms with Gasteiger partial charge >= 0.3 is 11.9 Å². The zero-order valence-corrected chi connectivity index (χ0v) is 16.9. The van der Waals surface area contributed by atoms with Gasteiger partial charge in [0, 0.05) is 11.4 Å². The lowest BCUT2D eigenvalue weighted by Gasteiger charge is -2.16. The van der Waals surface area contributed by atoms with E-state index >= 15 is 0 Å². The number of hydrogen-bond donors (Lipinski definition) is 1. The third kappa shape index (κ3) is 7.46. The molecule has 0 fully saturated rings. The number of halogens is 1. The van der Waals surface area contributed by atoms with E-state index in [1.807, 2.05) is 37.3 Å². The zero-order chi connectivity index (χ0) is 21.2. The van der Waals surface area contributed by atoms with Crippen LogP contribution >= 0.6 is 11.6 Å². The van der Waals surface area contributed by atoms with Crippen LogP contribution in [-0.2, 0) is 30.3 Å². The lowest BCUT2D eigenvalue weighted by Crippen LogP contribution is -2.44. The lowest BCUT2D eigenvalue weighted by atomic mass is 10.1. The Hall–Kier alpha value is -3.06. The summed E-state index contributed by atoms with van der Waals surface area (Å²) in [5, 5.41) is 3.10. The van der Waals surface area contributed by atoms with Gasteiger partial charge < -0.3 is 19.5 Å². The van der Waals surface area contributed by atoms with Crippen LogP contribution in [0.25, 0.3) is 0 Å². The van der Waals surface area contributed by atoms with Crippen LogP contribution in [0.4, 0.5) is 0 Å². The molecule has 0 aliphatic carbocycles. The molecule has 0 heterocycles. The summed E-state index contributed by atoms with van der Waals surface area (Å²) in [6.45, 7) is 0.911. The van der Waals surface area contributed by atoms with Crippen LogP contribution in [0.2, 0.25) is 5.02 Å². The highest BCUT2D eigenvalue weighted by Gasteiger charge is 2.22. The molecule has 7 nitrogen and oxygen atoms in total. The predicted molar refractivity (Wildman–Crippen MR) is 107 cm³/mol. The predicted octanol–water partition coefficient (Wildman–Crippen LogP) is 2.47. The number of benzene rings is 2. The molecule has 154 valence electrons. The average Bonchev–Trinajstić information content (AvgIpc) is 2.72. The van der Waals surface area contributed by atoms with Gasteiger partial charge in [-0.15, -0.1) is 0 Å². The van der Waals surface area contributed by atoms with Gasteiger partial charge in [0.2, 0.25) is 0 Å². The highest BCUT2D eigenvalue weighted by Crippen LogP contribution is 2.20. The second-order valence-corrected chi connectivity index (χ2v) is 6.60. The smallest absolute Gasteiger partial charge is 0.344 e. The van der Waals surface area contributed by atoms with Crippen LogP contribution in [0.15, 0.2) is 48.5 Å². The van der Waals surface area contributed by atoms with E-state index in [2.05, 4.69) is 5.32 Å². The third-order valence-corrected chi connectivity index (χ3v) is 4.38. The fourth-order valence-electron chi connectivity index (χ4n) is 2.46. The summed E-state index contributed by atoms with van der Waals surface area (Å²) in [5.41, 5.74) is 1.66. The normalized spacial score (nSPS) is 11.3. The number of nitrogens with one attached hydrogen (secondary N) is 1. The van der Waals surface area contributed by atoms with E-state index in [1.165, 1.54) is 7.11 Å². The Kier molecular flexibility index (Phi) is 8.48. The van der Waals surface area contributed by atoms with E-state index in [-0.39, 0.29) is 13.0 Å². The maximum Gasteiger partial charge on any atom is 0.344 e. The van der Waals surface area contributed by atoms with Gasteiger partial charge in [0.05, 0.1) is 7.11 Å². The van der Waals surface area contributed by atoms with Crippen molar-refractivity contribution in [1.82, 2.24) is 5.32 Å². The Balaban J connectivity index is 1.80. The first-order chi connectivity index (χ1) is 13.9. The van der Waals surface area contributed by atoms with E-state index in [0.29, 0.717) is 10.8 Å². The zero-order valence-electron chi connectivity index (χ0n) is 16.1. The second kappa shape index (κ2) is 11.1. The molecule has 0 aliphatic rings. The van der Waals surface area contributed by atoms with Gasteiger partial charge in [0.15, 0.2) is 13.2 Å². The largest absolute Gasteiger partial charge is 0.482 e. The molecular weight excluding hydrogens is 398 g/mol. The molecule has 0 radical (unpaired) electrons. The molecule has 1 amide bonds. The van der Waals surface area contributed by atoms with Crippen LogP contribution in [0.3, 0.4) is 0 Å². The van der Waals surface area contributed by atoms with Gasteiger partial charge in [-0.2, -0.15) is 0 Å². The van der Waals surface area contributed by atoms with Crippen molar-refractivity contribution in [3.8, 4) is 5.75 Å². The van der Waals surface area contributed by atoms with Crippen molar-refractivity contribution in [2.45, 2.75) is 19.4 Å². The van der Waals surface area contributed by atoms with Crippen LogP contribution in [0.5, 0.6) is 5.75 Å². The van der Waals surface area contributed by atoms with E-state index < -0.39 is 30.5 Å². The first-order valence-corrected chi connectivity index (χ1v) is 9.22. The maximum atomic E-state index is 12.1. The molecule has 2 aromatic rings. The minimum absolute atomic E-state index is 0.256. The summed E-state index contributed by atoms with van der Waals surface area (Å²) in [4.78, 5) is 35.8.